The number of hydrogen-bond donors (Lipinski definition) is 1. The molecule has 1 rings (SSSR count). The second-order valence-electron chi connectivity index (χ2n) is 2.93. The molecule has 0 unspecified atom stereocenters. The highest BCUT2D eigenvalue weighted by atomic mass is 16.3. The van der Waals surface area contributed by atoms with Crippen molar-refractivity contribution < 1.29 is 5.11 Å². The molecule has 0 aliphatic heterocycles. The zero-order valence-electron chi connectivity index (χ0n) is 9.31. The number of rotatable bonds is 1. The summed E-state index contributed by atoms with van der Waals surface area (Å²) in [6.45, 7) is 9.98. The third-order valence-corrected chi connectivity index (χ3v) is 1.96. The summed E-state index contributed by atoms with van der Waals surface area (Å²) < 4.78 is 0. The maximum atomic E-state index is 9.43. The minimum absolute atomic E-state index is 0.433. The number of phenolic OH excluding ortho intramolecular Hbond substituents is 1. The Hall–Kier alpha value is -0.980. The van der Waals surface area contributed by atoms with Crippen LogP contribution in [0.5, 0.6) is 5.75 Å². The molecule has 13 heavy (non-hydrogen) atoms. The van der Waals surface area contributed by atoms with Gasteiger partial charge in [-0.15, -0.1) is 0 Å². The maximum Gasteiger partial charge on any atom is 0.121 e. The second-order valence-corrected chi connectivity index (χ2v) is 2.93. The van der Waals surface area contributed by atoms with Gasteiger partial charge in [0.05, 0.1) is 0 Å². The molecule has 0 aromatic heterocycles. The monoisotopic (exact) mass is 180 g/mol. The molecular formula is C12H20O. The summed E-state index contributed by atoms with van der Waals surface area (Å²) in [6.07, 6.45) is 1.03. The van der Waals surface area contributed by atoms with Crippen LogP contribution in [0.25, 0.3) is 0 Å². The molecule has 0 bridgehead atoms. The van der Waals surface area contributed by atoms with Gasteiger partial charge in [-0.2, -0.15) is 0 Å². The number of benzene rings is 1. The van der Waals surface area contributed by atoms with Gasteiger partial charge in [0.15, 0.2) is 0 Å². The van der Waals surface area contributed by atoms with Crippen molar-refractivity contribution in [3.05, 3.63) is 28.8 Å². The molecule has 1 heteroatoms. The Morgan fingerprint density at radius 1 is 1.08 bits per heavy atom. The molecule has 0 spiro atoms. The highest BCUT2D eigenvalue weighted by Gasteiger charge is 2.00. The zero-order chi connectivity index (χ0) is 10.4. The molecule has 0 atom stereocenters. The van der Waals surface area contributed by atoms with E-state index in [9.17, 15) is 5.11 Å². The summed E-state index contributed by atoms with van der Waals surface area (Å²) in [4.78, 5) is 0. The molecule has 1 aromatic carbocycles. The van der Waals surface area contributed by atoms with Crippen LogP contribution in [0.4, 0.5) is 0 Å². The van der Waals surface area contributed by atoms with E-state index < -0.39 is 0 Å². The average Bonchev–Trinajstić information content (AvgIpc) is 2.16. The highest BCUT2D eigenvalue weighted by molar-refractivity contribution is 5.41. The lowest BCUT2D eigenvalue weighted by Gasteiger charge is -2.05. The van der Waals surface area contributed by atoms with Crippen molar-refractivity contribution >= 4 is 0 Å². The molecule has 0 heterocycles. The van der Waals surface area contributed by atoms with Crippen LogP contribution >= 0.6 is 0 Å². The van der Waals surface area contributed by atoms with Gasteiger partial charge >= 0.3 is 0 Å². The topological polar surface area (TPSA) is 20.2 Å². The van der Waals surface area contributed by atoms with Gasteiger partial charge in [-0.3, -0.25) is 0 Å². The minimum Gasteiger partial charge on any atom is -0.507 e. The zero-order valence-corrected chi connectivity index (χ0v) is 9.31. The van der Waals surface area contributed by atoms with Crippen LogP contribution in [0.1, 0.15) is 37.5 Å². The molecular weight excluding hydrogens is 160 g/mol. The van der Waals surface area contributed by atoms with Crippen LogP contribution in [-0.2, 0) is 6.42 Å². The van der Waals surface area contributed by atoms with Crippen molar-refractivity contribution in [2.75, 3.05) is 0 Å². The van der Waals surface area contributed by atoms with Crippen LogP contribution in [-0.4, -0.2) is 5.11 Å². The van der Waals surface area contributed by atoms with Crippen molar-refractivity contribution in [3.8, 4) is 5.75 Å². The normalized spacial score (nSPS) is 9.00. The Morgan fingerprint density at radius 3 is 1.77 bits per heavy atom. The molecule has 0 radical (unpaired) electrons. The SMILES string of the molecule is CC.CCc1cc(C)c(O)c(C)c1. The lowest BCUT2D eigenvalue weighted by molar-refractivity contribution is 0.466. The van der Waals surface area contributed by atoms with Gasteiger partial charge in [0, 0.05) is 0 Å². The predicted octanol–water partition coefficient (Wildman–Crippen LogP) is 3.60. The first-order valence-corrected chi connectivity index (χ1v) is 4.94. The lowest BCUT2D eigenvalue weighted by atomic mass is 10.0. The third-order valence-electron chi connectivity index (χ3n) is 1.96. The van der Waals surface area contributed by atoms with E-state index in [1.165, 1.54) is 5.56 Å². The first kappa shape index (κ1) is 12.0. The first-order valence-electron chi connectivity index (χ1n) is 4.94. The Kier molecular flexibility index (Phi) is 5.20. The van der Waals surface area contributed by atoms with E-state index in [2.05, 4.69) is 6.92 Å². The number of aromatic hydroxyl groups is 1. The summed E-state index contributed by atoms with van der Waals surface area (Å²) in [6, 6.07) is 4.06. The van der Waals surface area contributed by atoms with Gasteiger partial charge in [0.1, 0.15) is 5.75 Å². The van der Waals surface area contributed by atoms with Crippen LogP contribution in [0, 0.1) is 13.8 Å². The number of aryl methyl sites for hydroxylation is 3. The fourth-order valence-corrected chi connectivity index (χ4v) is 1.25. The summed E-state index contributed by atoms with van der Waals surface area (Å²) in [5.41, 5.74) is 3.24. The van der Waals surface area contributed by atoms with Crippen LogP contribution in [0.2, 0.25) is 0 Å². The van der Waals surface area contributed by atoms with E-state index in [0.717, 1.165) is 17.5 Å². The van der Waals surface area contributed by atoms with Gasteiger partial charge in [0.25, 0.3) is 0 Å². The van der Waals surface area contributed by atoms with Gasteiger partial charge < -0.3 is 5.11 Å². The quantitative estimate of drug-likeness (QED) is 0.700. The molecule has 0 fully saturated rings. The van der Waals surface area contributed by atoms with Crippen molar-refractivity contribution in [1.29, 1.82) is 0 Å². The van der Waals surface area contributed by atoms with Crippen LogP contribution in [0.3, 0.4) is 0 Å². The Labute approximate surface area is 81.4 Å². The van der Waals surface area contributed by atoms with E-state index in [1.807, 2.05) is 39.8 Å². The minimum atomic E-state index is 0.433. The molecule has 0 saturated carbocycles. The van der Waals surface area contributed by atoms with Crippen molar-refractivity contribution in [2.24, 2.45) is 0 Å². The molecule has 0 saturated heterocycles. The third kappa shape index (κ3) is 3.10. The first-order chi connectivity index (χ1) is 6.15. The van der Waals surface area contributed by atoms with Crippen molar-refractivity contribution in [2.45, 2.75) is 41.0 Å². The Balaban J connectivity index is 0.000000671. The molecule has 0 aliphatic carbocycles. The largest absolute Gasteiger partial charge is 0.507 e. The van der Waals surface area contributed by atoms with Gasteiger partial charge in [-0.1, -0.05) is 32.9 Å². The average molecular weight is 180 g/mol. The standard InChI is InChI=1S/C10H14O.C2H6/c1-4-9-5-7(2)10(11)8(3)6-9;1-2/h5-6,11H,4H2,1-3H3;1-2H3. The fraction of sp³-hybridized carbons (Fsp3) is 0.500. The Morgan fingerprint density at radius 2 is 1.46 bits per heavy atom. The maximum absolute atomic E-state index is 9.43. The summed E-state index contributed by atoms with van der Waals surface area (Å²) in [5.74, 6) is 0.433. The fourth-order valence-electron chi connectivity index (χ4n) is 1.25. The molecule has 0 amide bonds. The predicted molar refractivity (Wildman–Crippen MR) is 58.3 cm³/mol. The van der Waals surface area contributed by atoms with Gasteiger partial charge in [-0.05, 0) is 37.0 Å². The summed E-state index contributed by atoms with van der Waals surface area (Å²) in [7, 11) is 0. The number of phenols is 1. The van der Waals surface area contributed by atoms with E-state index in [-0.39, 0.29) is 0 Å². The van der Waals surface area contributed by atoms with Crippen molar-refractivity contribution in [1.82, 2.24) is 0 Å². The summed E-state index contributed by atoms with van der Waals surface area (Å²) in [5, 5.41) is 9.43. The molecule has 0 aliphatic rings. The van der Waals surface area contributed by atoms with E-state index in [1.54, 1.807) is 0 Å². The number of hydrogen-bond acceptors (Lipinski definition) is 1. The van der Waals surface area contributed by atoms with E-state index in [0.29, 0.717) is 5.75 Å². The van der Waals surface area contributed by atoms with E-state index >= 15 is 0 Å². The lowest BCUT2D eigenvalue weighted by Crippen LogP contribution is -1.85. The van der Waals surface area contributed by atoms with Crippen LogP contribution < -0.4 is 0 Å². The van der Waals surface area contributed by atoms with Crippen LogP contribution in [0.15, 0.2) is 12.1 Å². The Bertz CT molecular complexity index is 241. The molecule has 1 nitrogen and oxygen atoms in total. The molecule has 1 N–H and O–H groups in total. The second kappa shape index (κ2) is 5.63. The molecule has 1 aromatic rings. The van der Waals surface area contributed by atoms with Gasteiger partial charge in [-0.25, -0.2) is 0 Å². The van der Waals surface area contributed by atoms with Gasteiger partial charge in [0.2, 0.25) is 0 Å². The van der Waals surface area contributed by atoms with Crippen molar-refractivity contribution in [3.63, 3.8) is 0 Å². The highest BCUT2D eigenvalue weighted by Crippen LogP contribution is 2.22. The summed E-state index contributed by atoms with van der Waals surface area (Å²) >= 11 is 0. The molecule has 74 valence electrons. The smallest absolute Gasteiger partial charge is 0.121 e. The van der Waals surface area contributed by atoms with E-state index in [4.69, 9.17) is 0 Å².